The SMILES string of the molecule is COCC(=O)N(CC1CCN(Cc2ccccc2C)CC1)C[C@H]1CCCO1. The smallest absolute Gasteiger partial charge is 0.248 e. The van der Waals surface area contributed by atoms with Gasteiger partial charge in [0.25, 0.3) is 0 Å². The minimum atomic E-state index is 0.0929. The summed E-state index contributed by atoms with van der Waals surface area (Å²) >= 11 is 0. The van der Waals surface area contributed by atoms with Gasteiger partial charge in [-0.15, -0.1) is 0 Å². The monoisotopic (exact) mass is 374 g/mol. The highest BCUT2D eigenvalue weighted by atomic mass is 16.5. The van der Waals surface area contributed by atoms with E-state index in [-0.39, 0.29) is 18.6 Å². The number of carbonyl (C=O) groups excluding carboxylic acids is 1. The first kappa shape index (κ1) is 20.3. The lowest BCUT2D eigenvalue weighted by Gasteiger charge is -2.35. The third-order valence-corrected chi connectivity index (χ3v) is 5.91. The second-order valence-corrected chi connectivity index (χ2v) is 8.01. The number of likely N-dealkylation sites (tertiary alicyclic amines) is 1. The maximum absolute atomic E-state index is 12.5. The molecule has 1 aromatic rings. The normalized spacial score (nSPS) is 21.5. The molecule has 0 saturated carbocycles. The summed E-state index contributed by atoms with van der Waals surface area (Å²) in [5.41, 5.74) is 2.79. The van der Waals surface area contributed by atoms with Gasteiger partial charge in [0, 0.05) is 33.4 Å². The summed E-state index contributed by atoms with van der Waals surface area (Å²) in [6.07, 6.45) is 4.66. The maximum Gasteiger partial charge on any atom is 0.248 e. The first-order valence-electron chi connectivity index (χ1n) is 10.3. The van der Waals surface area contributed by atoms with E-state index in [2.05, 4.69) is 36.1 Å². The van der Waals surface area contributed by atoms with Crippen molar-refractivity contribution >= 4 is 5.91 Å². The summed E-state index contributed by atoms with van der Waals surface area (Å²) in [7, 11) is 1.59. The fourth-order valence-corrected chi connectivity index (χ4v) is 4.19. The largest absolute Gasteiger partial charge is 0.376 e. The Kier molecular flexibility index (Phi) is 7.68. The summed E-state index contributed by atoms with van der Waals surface area (Å²) in [5, 5.41) is 0. The lowest BCUT2D eigenvalue weighted by molar-refractivity contribution is -0.137. The topological polar surface area (TPSA) is 42.0 Å². The van der Waals surface area contributed by atoms with Crippen LogP contribution in [-0.4, -0.2) is 68.3 Å². The number of hydrogen-bond donors (Lipinski definition) is 0. The van der Waals surface area contributed by atoms with Gasteiger partial charge < -0.3 is 14.4 Å². The van der Waals surface area contributed by atoms with Crippen LogP contribution < -0.4 is 0 Å². The second-order valence-electron chi connectivity index (χ2n) is 8.01. The first-order valence-corrected chi connectivity index (χ1v) is 10.3. The minimum Gasteiger partial charge on any atom is -0.376 e. The third-order valence-electron chi connectivity index (χ3n) is 5.91. The van der Waals surface area contributed by atoms with Gasteiger partial charge in [-0.1, -0.05) is 24.3 Å². The van der Waals surface area contributed by atoms with E-state index in [4.69, 9.17) is 9.47 Å². The molecule has 1 atom stereocenters. The standard InChI is InChI=1S/C22H34N2O3/c1-18-6-3-4-7-20(18)15-23-11-9-19(10-12-23)14-24(22(25)17-26-2)16-21-8-5-13-27-21/h3-4,6-7,19,21H,5,8-17H2,1-2H3/t21-/m1/s1. The van der Waals surface area contributed by atoms with E-state index in [0.29, 0.717) is 12.5 Å². The van der Waals surface area contributed by atoms with Crippen LogP contribution in [0.5, 0.6) is 0 Å². The molecule has 1 amide bonds. The van der Waals surface area contributed by atoms with E-state index in [1.54, 1.807) is 7.11 Å². The average molecular weight is 375 g/mol. The first-order chi connectivity index (χ1) is 13.2. The molecule has 2 aliphatic rings. The zero-order valence-corrected chi connectivity index (χ0v) is 16.9. The van der Waals surface area contributed by atoms with Crippen LogP contribution in [0.1, 0.15) is 36.8 Å². The van der Waals surface area contributed by atoms with Gasteiger partial charge in [-0.2, -0.15) is 0 Å². The van der Waals surface area contributed by atoms with Crippen molar-refractivity contribution < 1.29 is 14.3 Å². The van der Waals surface area contributed by atoms with Crippen LogP contribution in [0.3, 0.4) is 0 Å². The summed E-state index contributed by atoms with van der Waals surface area (Å²) in [4.78, 5) is 17.0. The Morgan fingerprint density at radius 3 is 2.67 bits per heavy atom. The van der Waals surface area contributed by atoms with E-state index in [1.165, 1.54) is 11.1 Å². The number of amides is 1. The van der Waals surface area contributed by atoms with Crippen LogP contribution in [0.4, 0.5) is 0 Å². The molecule has 2 aliphatic heterocycles. The van der Waals surface area contributed by atoms with Crippen LogP contribution in [0.25, 0.3) is 0 Å². The molecule has 5 nitrogen and oxygen atoms in total. The van der Waals surface area contributed by atoms with Crippen molar-refractivity contribution in [3.8, 4) is 0 Å². The Hall–Kier alpha value is -1.43. The zero-order valence-electron chi connectivity index (χ0n) is 16.9. The van der Waals surface area contributed by atoms with E-state index in [0.717, 1.165) is 58.5 Å². The number of hydrogen-bond acceptors (Lipinski definition) is 4. The number of piperidine rings is 1. The van der Waals surface area contributed by atoms with E-state index in [1.807, 2.05) is 4.90 Å². The van der Waals surface area contributed by atoms with Crippen LogP contribution in [0, 0.1) is 12.8 Å². The fraction of sp³-hybridized carbons (Fsp3) is 0.682. The summed E-state index contributed by atoms with van der Waals surface area (Å²) in [6.45, 7) is 7.96. The zero-order chi connectivity index (χ0) is 19.1. The number of methoxy groups -OCH3 is 1. The summed E-state index contributed by atoms with van der Waals surface area (Å²) in [5.74, 6) is 0.663. The predicted octanol–water partition coefficient (Wildman–Crippen LogP) is 2.86. The molecule has 1 aromatic carbocycles. The van der Waals surface area contributed by atoms with E-state index < -0.39 is 0 Å². The minimum absolute atomic E-state index is 0.0929. The van der Waals surface area contributed by atoms with Crippen molar-refractivity contribution in [3.63, 3.8) is 0 Å². The van der Waals surface area contributed by atoms with Gasteiger partial charge in [-0.25, -0.2) is 0 Å². The fourth-order valence-electron chi connectivity index (χ4n) is 4.19. The molecule has 3 rings (SSSR count). The highest BCUT2D eigenvalue weighted by Crippen LogP contribution is 2.22. The number of rotatable bonds is 8. The van der Waals surface area contributed by atoms with Gasteiger partial charge in [0.1, 0.15) is 6.61 Å². The van der Waals surface area contributed by atoms with Gasteiger partial charge in [-0.3, -0.25) is 9.69 Å². The molecule has 0 aromatic heterocycles. The highest BCUT2D eigenvalue weighted by Gasteiger charge is 2.27. The molecular weight excluding hydrogens is 340 g/mol. The quantitative estimate of drug-likeness (QED) is 0.702. The van der Waals surface area contributed by atoms with Crippen LogP contribution in [-0.2, 0) is 20.8 Å². The lowest BCUT2D eigenvalue weighted by Crippen LogP contribution is -2.44. The molecule has 5 heteroatoms. The number of nitrogens with zero attached hydrogens (tertiary/aromatic N) is 2. The maximum atomic E-state index is 12.5. The molecule has 0 unspecified atom stereocenters. The molecule has 0 aliphatic carbocycles. The van der Waals surface area contributed by atoms with Crippen LogP contribution >= 0.6 is 0 Å². The van der Waals surface area contributed by atoms with Crippen molar-refractivity contribution in [2.75, 3.05) is 46.5 Å². The Morgan fingerprint density at radius 1 is 1.22 bits per heavy atom. The van der Waals surface area contributed by atoms with Gasteiger partial charge in [0.2, 0.25) is 5.91 Å². The summed E-state index contributed by atoms with van der Waals surface area (Å²) < 4.78 is 10.8. The Morgan fingerprint density at radius 2 is 2.00 bits per heavy atom. The summed E-state index contributed by atoms with van der Waals surface area (Å²) in [6, 6.07) is 8.64. The lowest BCUT2D eigenvalue weighted by atomic mass is 9.95. The van der Waals surface area contributed by atoms with Gasteiger partial charge in [0.05, 0.1) is 6.10 Å². The Labute approximate surface area is 163 Å². The van der Waals surface area contributed by atoms with Crippen molar-refractivity contribution in [1.29, 1.82) is 0 Å². The number of benzene rings is 1. The molecule has 2 heterocycles. The molecule has 0 spiro atoms. The Bertz CT molecular complexity index is 593. The molecule has 0 radical (unpaired) electrons. The molecule has 2 saturated heterocycles. The molecule has 27 heavy (non-hydrogen) atoms. The van der Waals surface area contributed by atoms with E-state index >= 15 is 0 Å². The number of ether oxygens (including phenoxy) is 2. The van der Waals surface area contributed by atoms with Crippen molar-refractivity contribution in [2.45, 2.75) is 45.3 Å². The van der Waals surface area contributed by atoms with Crippen LogP contribution in [0.2, 0.25) is 0 Å². The number of aryl methyl sites for hydroxylation is 1. The number of carbonyl (C=O) groups is 1. The van der Waals surface area contributed by atoms with E-state index in [9.17, 15) is 4.79 Å². The van der Waals surface area contributed by atoms with Crippen molar-refractivity contribution in [2.24, 2.45) is 5.92 Å². The van der Waals surface area contributed by atoms with Gasteiger partial charge in [-0.05, 0) is 62.7 Å². The predicted molar refractivity (Wildman–Crippen MR) is 107 cm³/mol. The van der Waals surface area contributed by atoms with Crippen LogP contribution in [0.15, 0.2) is 24.3 Å². The van der Waals surface area contributed by atoms with Gasteiger partial charge in [0.15, 0.2) is 0 Å². The van der Waals surface area contributed by atoms with Gasteiger partial charge >= 0.3 is 0 Å². The average Bonchev–Trinajstić information content (AvgIpc) is 3.18. The molecule has 2 fully saturated rings. The highest BCUT2D eigenvalue weighted by molar-refractivity contribution is 5.77. The van der Waals surface area contributed by atoms with Crippen molar-refractivity contribution in [3.05, 3.63) is 35.4 Å². The third kappa shape index (κ3) is 6.03. The molecular formula is C22H34N2O3. The molecule has 0 N–H and O–H groups in total. The Balaban J connectivity index is 1.49. The second kappa shape index (κ2) is 10.2. The van der Waals surface area contributed by atoms with Crippen molar-refractivity contribution in [1.82, 2.24) is 9.80 Å². The molecule has 0 bridgehead atoms. The molecule has 150 valence electrons.